The second kappa shape index (κ2) is 7.03. The third-order valence-electron chi connectivity index (χ3n) is 3.91. The first-order chi connectivity index (χ1) is 11.9. The van der Waals surface area contributed by atoms with Crippen LogP contribution in [-0.4, -0.2) is 52.8 Å². The predicted molar refractivity (Wildman–Crippen MR) is 90.0 cm³/mol. The number of morpholine rings is 1. The lowest BCUT2D eigenvalue weighted by molar-refractivity contribution is -0.154. The number of aryl methyl sites for hydroxylation is 1. The number of rotatable bonds is 3. The Morgan fingerprint density at radius 2 is 2.00 bits per heavy atom. The number of carboxylic acids is 1. The molecule has 25 heavy (non-hydrogen) atoms. The van der Waals surface area contributed by atoms with Crippen molar-refractivity contribution in [2.45, 2.75) is 13.0 Å². The van der Waals surface area contributed by atoms with Gasteiger partial charge in [-0.15, -0.1) is 0 Å². The largest absolute Gasteiger partial charge is 0.479 e. The first-order valence-electron chi connectivity index (χ1n) is 7.44. The zero-order valence-corrected chi connectivity index (χ0v) is 14.7. The van der Waals surface area contributed by atoms with Crippen LogP contribution in [0.25, 0.3) is 11.3 Å². The zero-order valence-electron chi connectivity index (χ0n) is 13.2. The number of carbonyl (C=O) groups is 2. The Morgan fingerprint density at radius 3 is 2.64 bits per heavy atom. The highest BCUT2D eigenvalue weighted by atomic mass is 35.5. The molecule has 1 aromatic heterocycles. The van der Waals surface area contributed by atoms with Crippen LogP contribution in [0.4, 0.5) is 0 Å². The Balaban J connectivity index is 2.00. The van der Waals surface area contributed by atoms with Crippen LogP contribution in [0.3, 0.4) is 0 Å². The van der Waals surface area contributed by atoms with Gasteiger partial charge < -0.3 is 19.3 Å². The van der Waals surface area contributed by atoms with E-state index in [2.05, 4.69) is 5.16 Å². The molecule has 1 aliphatic rings. The Morgan fingerprint density at radius 1 is 1.32 bits per heavy atom. The number of aliphatic carboxylic acids is 1. The average molecular weight is 385 g/mol. The summed E-state index contributed by atoms with van der Waals surface area (Å²) in [5.41, 5.74) is 0.839. The predicted octanol–water partition coefficient (Wildman–Crippen LogP) is 2.88. The first-order valence-corrected chi connectivity index (χ1v) is 8.20. The zero-order chi connectivity index (χ0) is 18.1. The maximum Gasteiger partial charge on any atom is 0.334 e. The summed E-state index contributed by atoms with van der Waals surface area (Å²) in [7, 11) is 0. The molecule has 1 fully saturated rings. The van der Waals surface area contributed by atoms with E-state index in [0.29, 0.717) is 21.4 Å². The molecule has 0 aliphatic carbocycles. The van der Waals surface area contributed by atoms with Crippen molar-refractivity contribution in [1.82, 2.24) is 10.1 Å². The van der Waals surface area contributed by atoms with Crippen LogP contribution in [0, 0.1) is 6.92 Å². The maximum absolute atomic E-state index is 13.0. The van der Waals surface area contributed by atoms with Crippen LogP contribution in [0.5, 0.6) is 0 Å². The van der Waals surface area contributed by atoms with Gasteiger partial charge in [0, 0.05) is 12.1 Å². The number of nitrogens with zero attached hydrogens (tertiary/aromatic N) is 2. The smallest absolute Gasteiger partial charge is 0.334 e. The highest BCUT2D eigenvalue weighted by Crippen LogP contribution is 2.37. The van der Waals surface area contributed by atoms with Crippen LogP contribution in [0.2, 0.25) is 10.0 Å². The molecule has 1 aromatic carbocycles. The van der Waals surface area contributed by atoms with Gasteiger partial charge in [0.2, 0.25) is 0 Å². The van der Waals surface area contributed by atoms with Gasteiger partial charge >= 0.3 is 5.97 Å². The monoisotopic (exact) mass is 384 g/mol. The van der Waals surface area contributed by atoms with Gasteiger partial charge in [0.1, 0.15) is 17.0 Å². The summed E-state index contributed by atoms with van der Waals surface area (Å²) in [5, 5.41) is 13.7. The molecular formula is C16H14Cl2N2O5. The van der Waals surface area contributed by atoms with Gasteiger partial charge in [0.25, 0.3) is 5.91 Å². The molecule has 0 radical (unpaired) electrons. The Hall–Kier alpha value is -2.09. The summed E-state index contributed by atoms with van der Waals surface area (Å²) < 4.78 is 10.3. The molecule has 7 nitrogen and oxygen atoms in total. The summed E-state index contributed by atoms with van der Waals surface area (Å²) in [6, 6.07) is 4.95. The molecule has 1 aliphatic heterocycles. The highest BCUT2D eigenvalue weighted by molar-refractivity contribution is 6.39. The molecular weight excluding hydrogens is 371 g/mol. The van der Waals surface area contributed by atoms with E-state index < -0.39 is 18.0 Å². The molecule has 132 valence electrons. The average Bonchev–Trinajstić information content (AvgIpc) is 2.95. The van der Waals surface area contributed by atoms with E-state index >= 15 is 0 Å². The van der Waals surface area contributed by atoms with Crippen molar-refractivity contribution in [2.75, 3.05) is 19.7 Å². The normalized spacial score (nSPS) is 17.6. The van der Waals surface area contributed by atoms with E-state index in [-0.39, 0.29) is 31.0 Å². The number of hydrogen-bond acceptors (Lipinski definition) is 5. The lowest BCUT2D eigenvalue weighted by Gasteiger charge is -2.30. The number of hydrogen-bond donors (Lipinski definition) is 1. The number of ether oxygens (including phenoxy) is 1. The van der Waals surface area contributed by atoms with Crippen molar-refractivity contribution in [3.63, 3.8) is 0 Å². The van der Waals surface area contributed by atoms with E-state index in [1.54, 1.807) is 25.1 Å². The fourth-order valence-corrected chi connectivity index (χ4v) is 3.24. The standard InChI is InChI=1S/C16H14Cl2N2O5/c1-8-12(15(21)20-5-6-24-11(7-20)16(22)23)14(19-25-8)13-9(17)3-2-4-10(13)18/h2-4,11H,5-7H2,1H3,(H,22,23). The van der Waals surface area contributed by atoms with Crippen LogP contribution < -0.4 is 0 Å². The molecule has 2 heterocycles. The second-order valence-electron chi connectivity index (χ2n) is 5.51. The highest BCUT2D eigenvalue weighted by Gasteiger charge is 2.33. The lowest BCUT2D eigenvalue weighted by atomic mass is 10.0. The molecule has 9 heteroatoms. The van der Waals surface area contributed by atoms with Crippen LogP contribution in [-0.2, 0) is 9.53 Å². The molecule has 2 aromatic rings. The number of carbonyl (C=O) groups excluding carboxylic acids is 1. The molecule has 1 atom stereocenters. The van der Waals surface area contributed by atoms with Gasteiger partial charge in [-0.1, -0.05) is 34.4 Å². The van der Waals surface area contributed by atoms with E-state index in [1.165, 1.54) is 4.90 Å². The maximum atomic E-state index is 13.0. The third-order valence-corrected chi connectivity index (χ3v) is 4.54. The molecule has 0 bridgehead atoms. The second-order valence-corrected chi connectivity index (χ2v) is 6.32. The fraction of sp³-hybridized carbons (Fsp3) is 0.312. The van der Waals surface area contributed by atoms with Gasteiger partial charge in [-0.25, -0.2) is 4.79 Å². The quantitative estimate of drug-likeness (QED) is 0.874. The van der Waals surface area contributed by atoms with E-state index in [0.717, 1.165) is 0 Å². The van der Waals surface area contributed by atoms with Crippen molar-refractivity contribution in [2.24, 2.45) is 0 Å². The molecule has 1 N–H and O–H groups in total. The minimum atomic E-state index is -1.12. The van der Waals surface area contributed by atoms with E-state index in [1.807, 2.05) is 0 Å². The third kappa shape index (κ3) is 3.35. The van der Waals surface area contributed by atoms with Gasteiger partial charge in [-0.2, -0.15) is 0 Å². The van der Waals surface area contributed by atoms with E-state index in [4.69, 9.17) is 37.6 Å². The number of carboxylic acid groups (broad SMARTS) is 1. The summed E-state index contributed by atoms with van der Waals surface area (Å²) >= 11 is 12.4. The van der Waals surface area contributed by atoms with Gasteiger partial charge in [0.05, 0.1) is 23.2 Å². The van der Waals surface area contributed by atoms with E-state index in [9.17, 15) is 9.59 Å². The molecule has 0 saturated carbocycles. The van der Waals surface area contributed by atoms with Gasteiger partial charge in [-0.3, -0.25) is 4.79 Å². The fourth-order valence-electron chi connectivity index (χ4n) is 2.66. The summed E-state index contributed by atoms with van der Waals surface area (Å²) in [6.07, 6.45) is -1.06. The van der Waals surface area contributed by atoms with Crippen molar-refractivity contribution in [1.29, 1.82) is 0 Å². The van der Waals surface area contributed by atoms with Gasteiger partial charge in [-0.05, 0) is 19.1 Å². The van der Waals surface area contributed by atoms with Crippen molar-refractivity contribution < 1.29 is 24.0 Å². The molecule has 0 spiro atoms. The molecule has 1 saturated heterocycles. The van der Waals surface area contributed by atoms with Crippen LogP contribution in [0.1, 0.15) is 16.1 Å². The van der Waals surface area contributed by atoms with Crippen LogP contribution >= 0.6 is 23.2 Å². The summed E-state index contributed by atoms with van der Waals surface area (Å²) in [5.74, 6) is -1.22. The topological polar surface area (TPSA) is 92.9 Å². The molecule has 3 rings (SSSR count). The van der Waals surface area contributed by atoms with Crippen LogP contribution in [0.15, 0.2) is 22.7 Å². The summed E-state index contributed by atoms with van der Waals surface area (Å²) in [6.45, 7) is 1.94. The minimum absolute atomic E-state index is 0.0610. The number of benzene rings is 1. The SMILES string of the molecule is Cc1onc(-c2c(Cl)cccc2Cl)c1C(=O)N1CCOC(C(=O)O)C1. The molecule has 1 unspecified atom stereocenters. The number of aromatic nitrogens is 1. The summed E-state index contributed by atoms with van der Waals surface area (Å²) in [4.78, 5) is 25.5. The molecule has 1 amide bonds. The minimum Gasteiger partial charge on any atom is -0.479 e. The lowest BCUT2D eigenvalue weighted by Crippen LogP contribution is -2.48. The van der Waals surface area contributed by atoms with Crippen molar-refractivity contribution >= 4 is 35.1 Å². The van der Waals surface area contributed by atoms with Crippen molar-refractivity contribution in [3.8, 4) is 11.3 Å². The first kappa shape index (κ1) is 17.7. The Kier molecular flexibility index (Phi) is 4.99. The Bertz CT molecular complexity index is 816. The number of amides is 1. The van der Waals surface area contributed by atoms with Crippen molar-refractivity contribution in [3.05, 3.63) is 39.6 Å². The van der Waals surface area contributed by atoms with Gasteiger partial charge in [0.15, 0.2) is 6.10 Å². The Labute approximate surface area is 153 Å². The number of halogens is 2.